The highest BCUT2D eigenvalue weighted by atomic mass is 16.1. The van der Waals surface area contributed by atoms with Gasteiger partial charge >= 0.3 is 0 Å². The summed E-state index contributed by atoms with van der Waals surface area (Å²) in [5, 5.41) is 8.29. The van der Waals surface area contributed by atoms with E-state index in [1.54, 1.807) is 12.1 Å². The molecule has 0 saturated carbocycles. The number of nitrogen functional groups attached to an aromatic ring is 1. The van der Waals surface area contributed by atoms with E-state index >= 15 is 0 Å². The average Bonchev–Trinajstić information content (AvgIpc) is 2.55. The lowest BCUT2D eigenvalue weighted by atomic mass is 10.0. The first-order valence-electron chi connectivity index (χ1n) is 7.59. The third-order valence-corrected chi connectivity index (χ3v) is 3.37. The molecular formula is C18H21N3O. The van der Waals surface area contributed by atoms with Crippen LogP contribution in [-0.4, -0.2) is 5.78 Å². The Morgan fingerprint density at radius 3 is 2.00 bits per heavy atom. The highest BCUT2D eigenvalue weighted by molar-refractivity contribution is 5.96. The summed E-state index contributed by atoms with van der Waals surface area (Å²) >= 11 is 0. The zero-order valence-corrected chi connectivity index (χ0v) is 12.8. The summed E-state index contributed by atoms with van der Waals surface area (Å²) in [7, 11) is 0. The van der Waals surface area contributed by atoms with Crippen molar-refractivity contribution in [3.8, 4) is 0 Å². The Balaban J connectivity index is 1.96. The number of anilines is 1. The summed E-state index contributed by atoms with van der Waals surface area (Å²) in [6.45, 7) is 2.13. The van der Waals surface area contributed by atoms with Gasteiger partial charge in [-0.15, -0.1) is 0 Å². The molecule has 2 aromatic rings. The van der Waals surface area contributed by atoms with Crippen LogP contribution in [0.25, 0.3) is 0 Å². The minimum atomic E-state index is 0.190. The predicted octanol–water partition coefficient (Wildman–Crippen LogP) is 5.45. The highest BCUT2D eigenvalue weighted by Crippen LogP contribution is 2.20. The summed E-state index contributed by atoms with van der Waals surface area (Å²) in [5.41, 5.74) is 8.52. The molecule has 0 atom stereocenters. The summed E-state index contributed by atoms with van der Waals surface area (Å²) in [6.07, 6.45) is 3.78. The van der Waals surface area contributed by atoms with E-state index in [0.717, 1.165) is 36.2 Å². The number of nitrogens with zero attached hydrogens (tertiary/aromatic N) is 2. The summed E-state index contributed by atoms with van der Waals surface area (Å²) < 4.78 is 0. The number of benzene rings is 2. The van der Waals surface area contributed by atoms with Gasteiger partial charge in [-0.1, -0.05) is 19.8 Å². The quantitative estimate of drug-likeness (QED) is 0.319. The van der Waals surface area contributed by atoms with Crippen molar-refractivity contribution in [3.63, 3.8) is 0 Å². The lowest BCUT2D eigenvalue weighted by Gasteiger charge is -2.01. The van der Waals surface area contributed by atoms with Crippen molar-refractivity contribution in [1.29, 1.82) is 0 Å². The standard InChI is InChI=1S/C18H21N3O/c1-2-3-4-5-18(22)14-6-10-16(11-7-14)20-21-17-12-8-15(19)9-13-17/h6-13H,2-5,19H2,1H3. The zero-order valence-electron chi connectivity index (χ0n) is 12.8. The Kier molecular flexibility index (Phi) is 5.83. The molecule has 2 aromatic carbocycles. The Bertz CT molecular complexity index is 630. The number of Topliss-reactive ketones (excluding diaryl/α,β-unsaturated/α-hetero) is 1. The third kappa shape index (κ3) is 4.81. The van der Waals surface area contributed by atoms with Gasteiger partial charge in [-0.25, -0.2) is 0 Å². The molecule has 2 rings (SSSR count). The van der Waals surface area contributed by atoms with Crippen LogP contribution in [-0.2, 0) is 0 Å². The van der Waals surface area contributed by atoms with Crippen molar-refractivity contribution >= 4 is 22.8 Å². The van der Waals surface area contributed by atoms with E-state index in [1.807, 2.05) is 36.4 Å². The maximum atomic E-state index is 12.0. The molecule has 0 saturated heterocycles. The van der Waals surface area contributed by atoms with E-state index in [1.165, 1.54) is 0 Å². The van der Waals surface area contributed by atoms with Gasteiger partial charge in [0.25, 0.3) is 0 Å². The van der Waals surface area contributed by atoms with Gasteiger partial charge in [-0.2, -0.15) is 10.2 Å². The molecule has 0 aliphatic carbocycles. The summed E-state index contributed by atoms with van der Waals surface area (Å²) in [5.74, 6) is 0.190. The van der Waals surface area contributed by atoms with E-state index in [0.29, 0.717) is 12.1 Å². The van der Waals surface area contributed by atoms with Gasteiger partial charge in [0.05, 0.1) is 11.4 Å². The lowest BCUT2D eigenvalue weighted by molar-refractivity contribution is 0.0979. The molecule has 0 radical (unpaired) electrons. The summed E-state index contributed by atoms with van der Waals surface area (Å²) in [6, 6.07) is 14.4. The van der Waals surface area contributed by atoms with Gasteiger partial charge < -0.3 is 5.73 Å². The first kappa shape index (κ1) is 15.9. The number of hydrogen-bond acceptors (Lipinski definition) is 4. The number of carbonyl (C=O) groups excluding carboxylic acids is 1. The van der Waals surface area contributed by atoms with Gasteiger partial charge in [-0.05, 0) is 55.0 Å². The molecule has 0 amide bonds. The maximum absolute atomic E-state index is 12.0. The predicted molar refractivity (Wildman–Crippen MR) is 89.9 cm³/mol. The number of nitrogens with two attached hydrogens (primary N) is 1. The average molecular weight is 295 g/mol. The minimum Gasteiger partial charge on any atom is -0.399 e. The monoisotopic (exact) mass is 295 g/mol. The molecule has 0 aromatic heterocycles. The molecule has 0 spiro atoms. The smallest absolute Gasteiger partial charge is 0.162 e. The Labute approximate surface area is 131 Å². The molecule has 0 fully saturated rings. The van der Waals surface area contributed by atoms with Crippen LogP contribution in [0.3, 0.4) is 0 Å². The van der Waals surface area contributed by atoms with Crippen molar-refractivity contribution in [2.75, 3.05) is 5.73 Å². The van der Waals surface area contributed by atoms with Gasteiger partial charge in [0.1, 0.15) is 0 Å². The molecule has 0 bridgehead atoms. The second-order valence-electron chi connectivity index (χ2n) is 5.22. The molecule has 0 aliphatic rings. The molecule has 114 valence electrons. The lowest BCUT2D eigenvalue weighted by Crippen LogP contribution is -1.98. The topological polar surface area (TPSA) is 67.8 Å². The molecule has 4 heteroatoms. The van der Waals surface area contributed by atoms with E-state index < -0.39 is 0 Å². The molecule has 22 heavy (non-hydrogen) atoms. The van der Waals surface area contributed by atoms with Crippen LogP contribution in [0, 0.1) is 0 Å². The zero-order chi connectivity index (χ0) is 15.8. The number of rotatable bonds is 7. The molecule has 0 heterocycles. The molecule has 0 unspecified atom stereocenters. The maximum Gasteiger partial charge on any atom is 0.162 e. The second-order valence-corrected chi connectivity index (χ2v) is 5.22. The largest absolute Gasteiger partial charge is 0.399 e. The summed E-state index contributed by atoms with van der Waals surface area (Å²) in [4.78, 5) is 12.0. The van der Waals surface area contributed by atoms with E-state index in [4.69, 9.17) is 5.73 Å². The van der Waals surface area contributed by atoms with Crippen LogP contribution < -0.4 is 5.73 Å². The van der Waals surface area contributed by atoms with Crippen LogP contribution in [0.15, 0.2) is 58.8 Å². The van der Waals surface area contributed by atoms with Crippen molar-refractivity contribution < 1.29 is 4.79 Å². The van der Waals surface area contributed by atoms with E-state index in [2.05, 4.69) is 17.2 Å². The van der Waals surface area contributed by atoms with E-state index in [9.17, 15) is 4.79 Å². The SMILES string of the molecule is CCCCCC(=O)c1ccc(N=Nc2ccc(N)cc2)cc1. The molecule has 2 N–H and O–H groups in total. The Hall–Kier alpha value is -2.49. The number of carbonyl (C=O) groups is 1. The highest BCUT2D eigenvalue weighted by Gasteiger charge is 2.04. The van der Waals surface area contributed by atoms with Crippen LogP contribution in [0.1, 0.15) is 43.0 Å². The minimum absolute atomic E-state index is 0.190. The Morgan fingerprint density at radius 1 is 0.909 bits per heavy atom. The molecular weight excluding hydrogens is 274 g/mol. The van der Waals surface area contributed by atoms with Gasteiger partial charge in [0, 0.05) is 17.7 Å². The molecule has 4 nitrogen and oxygen atoms in total. The van der Waals surface area contributed by atoms with Gasteiger partial charge in [0.15, 0.2) is 5.78 Å². The fraction of sp³-hybridized carbons (Fsp3) is 0.278. The van der Waals surface area contributed by atoms with Gasteiger partial charge in [0.2, 0.25) is 0 Å². The first-order valence-corrected chi connectivity index (χ1v) is 7.59. The second kappa shape index (κ2) is 8.08. The van der Waals surface area contributed by atoms with Crippen LogP contribution >= 0.6 is 0 Å². The molecule has 0 aliphatic heterocycles. The van der Waals surface area contributed by atoms with Crippen LogP contribution in [0.4, 0.5) is 17.1 Å². The third-order valence-electron chi connectivity index (χ3n) is 3.37. The van der Waals surface area contributed by atoms with Crippen LogP contribution in [0.2, 0.25) is 0 Å². The normalized spacial score (nSPS) is 11.0. The fourth-order valence-electron chi connectivity index (χ4n) is 2.05. The van der Waals surface area contributed by atoms with Crippen LogP contribution in [0.5, 0.6) is 0 Å². The van der Waals surface area contributed by atoms with Crippen molar-refractivity contribution in [2.45, 2.75) is 32.6 Å². The van der Waals surface area contributed by atoms with Crippen molar-refractivity contribution in [3.05, 3.63) is 54.1 Å². The van der Waals surface area contributed by atoms with Crippen molar-refractivity contribution in [1.82, 2.24) is 0 Å². The number of azo groups is 1. The van der Waals surface area contributed by atoms with E-state index in [-0.39, 0.29) is 5.78 Å². The number of hydrogen-bond donors (Lipinski definition) is 1. The van der Waals surface area contributed by atoms with Crippen molar-refractivity contribution in [2.24, 2.45) is 10.2 Å². The number of unbranched alkanes of at least 4 members (excludes halogenated alkanes) is 2. The Morgan fingerprint density at radius 2 is 1.45 bits per heavy atom. The number of ketones is 1. The van der Waals surface area contributed by atoms with Gasteiger partial charge in [-0.3, -0.25) is 4.79 Å². The first-order chi connectivity index (χ1) is 10.7. The fourth-order valence-corrected chi connectivity index (χ4v) is 2.05.